The number of nitrogens with zero attached hydrogens (tertiary/aromatic N) is 3. The zero-order chi connectivity index (χ0) is 25.2. The van der Waals surface area contributed by atoms with Gasteiger partial charge in [-0.25, -0.2) is 9.69 Å². The van der Waals surface area contributed by atoms with Gasteiger partial charge in [-0.3, -0.25) is 14.6 Å². The molecule has 2 heterocycles. The fraction of sp³-hybridized carbons (Fsp3) is 0.130. The number of amides is 4. The minimum atomic E-state index is -4.86. The fourth-order valence-corrected chi connectivity index (χ4v) is 3.53. The maximum absolute atomic E-state index is 12.9. The molecule has 1 N–H and O–H groups in total. The Labute approximate surface area is 201 Å². The van der Waals surface area contributed by atoms with Gasteiger partial charge in [0.05, 0.1) is 24.1 Å². The van der Waals surface area contributed by atoms with E-state index in [0.29, 0.717) is 21.8 Å². The summed E-state index contributed by atoms with van der Waals surface area (Å²) in [7, 11) is 0. The molecule has 2 aromatic carbocycles. The third kappa shape index (κ3) is 5.69. The van der Waals surface area contributed by atoms with Crippen molar-refractivity contribution in [2.45, 2.75) is 12.9 Å². The zero-order valence-electron chi connectivity index (χ0n) is 17.8. The van der Waals surface area contributed by atoms with E-state index in [4.69, 9.17) is 11.6 Å². The first-order chi connectivity index (χ1) is 16.6. The Bertz CT molecular complexity index is 1270. The summed E-state index contributed by atoms with van der Waals surface area (Å²) >= 11 is 5.85. The maximum Gasteiger partial charge on any atom is 0.573 e. The van der Waals surface area contributed by atoms with E-state index in [1.165, 1.54) is 29.4 Å². The average molecular weight is 505 g/mol. The van der Waals surface area contributed by atoms with Crippen molar-refractivity contribution in [2.75, 3.05) is 16.8 Å². The highest BCUT2D eigenvalue weighted by Crippen LogP contribution is 2.28. The lowest BCUT2D eigenvalue weighted by Gasteiger charge is -2.19. The molecule has 1 fully saturated rings. The van der Waals surface area contributed by atoms with Gasteiger partial charge in [0.15, 0.2) is 0 Å². The van der Waals surface area contributed by atoms with Crippen LogP contribution in [0.4, 0.5) is 29.3 Å². The number of rotatable bonds is 6. The number of benzene rings is 2. The average Bonchev–Trinajstić information content (AvgIpc) is 3.08. The van der Waals surface area contributed by atoms with Gasteiger partial charge in [-0.2, -0.15) is 0 Å². The molecule has 0 saturated carbocycles. The second-order valence-electron chi connectivity index (χ2n) is 7.40. The third-order valence-electron chi connectivity index (χ3n) is 4.99. The van der Waals surface area contributed by atoms with Crippen molar-refractivity contribution in [3.63, 3.8) is 0 Å². The monoisotopic (exact) mass is 504 g/mol. The molecule has 4 rings (SSSR count). The molecular formula is C23H16ClF3N4O4. The van der Waals surface area contributed by atoms with Crippen LogP contribution in [0.2, 0.25) is 5.02 Å². The second kappa shape index (κ2) is 9.63. The first kappa shape index (κ1) is 24.0. The van der Waals surface area contributed by atoms with Gasteiger partial charge < -0.3 is 15.0 Å². The molecule has 0 bridgehead atoms. The van der Waals surface area contributed by atoms with E-state index >= 15 is 0 Å². The number of hydrogen-bond donors (Lipinski definition) is 1. The molecule has 1 aliphatic heterocycles. The van der Waals surface area contributed by atoms with Gasteiger partial charge in [-0.15, -0.1) is 13.2 Å². The van der Waals surface area contributed by atoms with Gasteiger partial charge in [0.2, 0.25) is 0 Å². The second-order valence-corrected chi connectivity index (χ2v) is 7.84. The third-order valence-corrected chi connectivity index (χ3v) is 5.24. The highest BCUT2D eigenvalue weighted by Gasteiger charge is 2.37. The fourth-order valence-electron chi connectivity index (χ4n) is 3.40. The first-order valence-corrected chi connectivity index (χ1v) is 10.5. The number of aromatic nitrogens is 1. The molecule has 1 aromatic heterocycles. The van der Waals surface area contributed by atoms with Crippen LogP contribution < -0.4 is 15.0 Å². The molecule has 1 aliphatic rings. The Morgan fingerprint density at radius 3 is 2.40 bits per heavy atom. The van der Waals surface area contributed by atoms with Crippen molar-refractivity contribution < 1.29 is 32.3 Å². The number of carbonyl (C=O) groups is 3. The Balaban J connectivity index is 1.48. The van der Waals surface area contributed by atoms with E-state index < -0.39 is 30.0 Å². The summed E-state index contributed by atoms with van der Waals surface area (Å²) in [5.41, 5.74) is 1.34. The van der Waals surface area contributed by atoms with Crippen LogP contribution in [0.1, 0.15) is 15.9 Å². The minimum Gasteiger partial charge on any atom is -0.406 e. The number of ether oxygens (including phenoxy) is 1. The summed E-state index contributed by atoms with van der Waals surface area (Å²) in [5, 5.41) is 3.21. The molecule has 4 amide bonds. The van der Waals surface area contributed by atoms with Gasteiger partial charge in [-0.1, -0.05) is 11.6 Å². The highest BCUT2D eigenvalue weighted by atomic mass is 35.5. The summed E-state index contributed by atoms with van der Waals surface area (Å²) in [4.78, 5) is 44.2. The Morgan fingerprint density at radius 2 is 1.74 bits per heavy atom. The van der Waals surface area contributed by atoms with E-state index in [2.05, 4.69) is 15.0 Å². The summed E-state index contributed by atoms with van der Waals surface area (Å²) in [6.07, 6.45) is -1.96. The Morgan fingerprint density at radius 1 is 1.06 bits per heavy atom. The van der Waals surface area contributed by atoms with Gasteiger partial charge >= 0.3 is 12.4 Å². The van der Waals surface area contributed by atoms with Gasteiger partial charge in [0, 0.05) is 16.8 Å². The van der Waals surface area contributed by atoms with E-state index in [1.807, 2.05) is 0 Å². The summed E-state index contributed by atoms with van der Waals surface area (Å²) in [5.74, 6) is -1.45. The Kier molecular flexibility index (Phi) is 6.61. The summed E-state index contributed by atoms with van der Waals surface area (Å²) in [6, 6.07) is 11.6. The molecule has 1 saturated heterocycles. The molecule has 0 spiro atoms. The van der Waals surface area contributed by atoms with Gasteiger partial charge in [-0.05, 0) is 60.2 Å². The van der Waals surface area contributed by atoms with Crippen LogP contribution in [0.25, 0.3) is 0 Å². The first-order valence-electron chi connectivity index (χ1n) is 10.1. The molecule has 180 valence electrons. The molecule has 3 aromatic rings. The Hall–Kier alpha value is -4.12. The van der Waals surface area contributed by atoms with E-state index in [9.17, 15) is 27.6 Å². The van der Waals surface area contributed by atoms with Crippen LogP contribution >= 0.6 is 11.6 Å². The number of anilines is 2. The summed E-state index contributed by atoms with van der Waals surface area (Å²) < 4.78 is 40.9. The SMILES string of the molecule is O=C(Nc1cnccc1CN1CC(=O)N(c2ccc(OC(F)(F)F)cc2)C1=O)c1ccc(Cl)cc1. The summed E-state index contributed by atoms with van der Waals surface area (Å²) in [6.45, 7) is -0.276. The number of urea groups is 1. The molecule has 12 heteroatoms. The molecule has 0 radical (unpaired) electrons. The van der Waals surface area contributed by atoms with Gasteiger partial charge in [0.25, 0.3) is 11.8 Å². The lowest BCUT2D eigenvalue weighted by atomic mass is 10.1. The van der Waals surface area contributed by atoms with Crippen molar-refractivity contribution in [2.24, 2.45) is 0 Å². The van der Waals surface area contributed by atoms with E-state index in [1.54, 1.807) is 30.3 Å². The van der Waals surface area contributed by atoms with Crippen LogP contribution in [0.3, 0.4) is 0 Å². The van der Waals surface area contributed by atoms with Crippen LogP contribution in [0.15, 0.2) is 67.0 Å². The van der Waals surface area contributed by atoms with Crippen molar-refractivity contribution in [1.29, 1.82) is 0 Å². The molecule has 35 heavy (non-hydrogen) atoms. The topological polar surface area (TPSA) is 91.8 Å². The number of alkyl halides is 3. The van der Waals surface area contributed by atoms with Crippen molar-refractivity contribution in [1.82, 2.24) is 9.88 Å². The number of carbonyl (C=O) groups excluding carboxylic acids is 3. The number of halogens is 4. The largest absolute Gasteiger partial charge is 0.573 e. The number of pyridine rings is 1. The number of hydrogen-bond acceptors (Lipinski definition) is 5. The van der Waals surface area contributed by atoms with E-state index in [-0.39, 0.29) is 18.8 Å². The van der Waals surface area contributed by atoms with Crippen LogP contribution in [0, 0.1) is 0 Å². The lowest BCUT2D eigenvalue weighted by Crippen LogP contribution is -2.33. The molecule has 0 unspecified atom stereocenters. The van der Waals surface area contributed by atoms with Crippen LogP contribution in [-0.2, 0) is 11.3 Å². The van der Waals surface area contributed by atoms with Crippen molar-refractivity contribution in [3.8, 4) is 5.75 Å². The lowest BCUT2D eigenvalue weighted by molar-refractivity contribution is -0.274. The zero-order valence-corrected chi connectivity index (χ0v) is 18.5. The number of nitrogens with one attached hydrogen (secondary N) is 1. The molecule has 8 nitrogen and oxygen atoms in total. The highest BCUT2D eigenvalue weighted by molar-refractivity contribution is 6.30. The molecule has 0 atom stereocenters. The van der Waals surface area contributed by atoms with Crippen molar-refractivity contribution >= 4 is 40.8 Å². The molecular weight excluding hydrogens is 489 g/mol. The standard InChI is InChI=1S/C23H16ClF3N4O4/c24-16-3-1-14(2-4-16)21(33)29-19-11-28-10-9-15(19)12-30-13-20(32)31(22(30)34)17-5-7-18(8-6-17)35-23(25,26)27/h1-11H,12-13H2,(H,29,33). The van der Waals surface area contributed by atoms with Crippen LogP contribution in [0.5, 0.6) is 5.75 Å². The van der Waals surface area contributed by atoms with Crippen LogP contribution in [-0.4, -0.2) is 40.6 Å². The molecule has 0 aliphatic carbocycles. The predicted octanol–water partition coefficient (Wildman–Crippen LogP) is 4.85. The van der Waals surface area contributed by atoms with E-state index in [0.717, 1.165) is 17.0 Å². The minimum absolute atomic E-state index is 0.0188. The smallest absolute Gasteiger partial charge is 0.406 e. The quantitative estimate of drug-likeness (QED) is 0.484. The normalized spacial score (nSPS) is 13.8. The van der Waals surface area contributed by atoms with Crippen molar-refractivity contribution in [3.05, 3.63) is 83.1 Å². The maximum atomic E-state index is 12.9. The van der Waals surface area contributed by atoms with Gasteiger partial charge in [0.1, 0.15) is 12.3 Å². The number of imide groups is 1. The predicted molar refractivity (Wildman–Crippen MR) is 120 cm³/mol.